The topological polar surface area (TPSA) is 0 Å². The van der Waals surface area contributed by atoms with Crippen LogP contribution in [-0.4, -0.2) is 0 Å². The zero-order valence-electron chi connectivity index (χ0n) is 15.2. The summed E-state index contributed by atoms with van der Waals surface area (Å²) in [7, 11) is 0. The van der Waals surface area contributed by atoms with E-state index in [1.54, 1.807) is 5.56 Å². The highest BCUT2D eigenvalue weighted by Crippen LogP contribution is 2.47. The Morgan fingerprint density at radius 3 is 1.79 bits per heavy atom. The van der Waals surface area contributed by atoms with E-state index in [0.717, 1.165) is 0 Å². The fourth-order valence-corrected chi connectivity index (χ4v) is 4.12. The highest BCUT2D eigenvalue weighted by molar-refractivity contribution is 5.89. The number of hydrogen-bond acceptors (Lipinski definition) is 0. The van der Waals surface area contributed by atoms with Crippen molar-refractivity contribution in [3.63, 3.8) is 0 Å². The SMILES string of the molecule is CC1(C)CCC(C)(C)c2cc3cc(-c4ccccc4)ccc3cc21. The average molecular weight is 314 g/mol. The van der Waals surface area contributed by atoms with Crippen molar-refractivity contribution in [2.45, 2.75) is 51.4 Å². The molecule has 0 fully saturated rings. The van der Waals surface area contributed by atoms with E-state index < -0.39 is 0 Å². The number of fused-ring (bicyclic) bond motifs is 2. The van der Waals surface area contributed by atoms with Crippen molar-refractivity contribution in [1.82, 2.24) is 0 Å². The first-order valence-electron chi connectivity index (χ1n) is 9.01. The monoisotopic (exact) mass is 314 g/mol. The Bertz CT molecular complexity index is 898. The summed E-state index contributed by atoms with van der Waals surface area (Å²) in [5, 5.41) is 2.72. The molecule has 1 aliphatic carbocycles. The van der Waals surface area contributed by atoms with Crippen molar-refractivity contribution in [3.05, 3.63) is 71.8 Å². The predicted molar refractivity (Wildman–Crippen MR) is 105 cm³/mol. The van der Waals surface area contributed by atoms with Gasteiger partial charge in [-0.05, 0) is 62.8 Å². The van der Waals surface area contributed by atoms with E-state index in [4.69, 9.17) is 0 Å². The Labute approximate surface area is 145 Å². The van der Waals surface area contributed by atoms with Gasteiger partial charge in [-0.15, -0.1) is 0 Å². The molecule has 0 unspecified atom stereocenters. The molecule has 1 aliphatic rings. The molecule has 0 aromatic heterocycles. The molecule has 0 aliphatic heterocycles. The summed E-state index contributed by atoms with van der Waals surface area (Å²) in [6.45, 7) is 9.58. The van der Waals surface area contributed by atoms with Gasteiger partial charge >= 0.3 is 0 Å². The fourth-order valence-electron chi connectivity index (χ4n) is 4.12. The average Bonchev–Trinajstić information content (AvgIpc) is 2.58. The van der Waals surface area contributed by atoms with E-state index in [-0.39, 0.29) is 10.8 Å². The third kappa shape index (κ3) is 2.45. The lowest BCUT2D eigenvalue weighted by atomic mass is 9.63. The van der Waals surface area contributed by atoms with Gasteiger partial charge in [0.2, 0.25) is 0 Å². The first-order valence-corrected chi connectivity index (χ1v) is 9.01. The molecule has 0 atom stereocenters. The molecule has 0 amide bonds. The summed E-state index contributed by atoms with van der Waals surface area (Å²) in [5.41, 5.74) is 6.21. The van der Waals surface area contributed by atoms with Crippen molar-refractivity contribution in [3.8, 4) is 11.1 Å². The van der Waals surface area contributed by atoms with Gasteiger partial charge in [0.15, 0.2) is 0 Å². The summed E-state index contributed by atoms with van der Waals surface area (Å²) in [6.07, 6.45) is 2.53. The van der Waals surface area contributed by atoms with Gasteiger partial charge in [-0.25, -0.2) is 0 Å². The Kier molecular flexibility index (Phi) is 3.35. The maximum Gasteiger partial charge on any atom is -0.0100 e. The van der Waals surface area contributed by atoms with Gasteiger partial charge in [-0.1, -0.05) is 82.3 Å². The van der Waals surface area contributed by atoms with Gasteiger partial charge in [0.1, 0.15) is 0 Å². The van der Waals surface area contributed by atoms with Crippen LogP contribution in [0.25, 0.3) is 21.9 Å². The number of benzene rings is 3. The van der Waals surface area contributed by atoms with Crippen molar-refractivity contribution >= 4 is 10.8 Å². The van der Waals surface area contributed by atoms with Gasteiger partial charge in [0, 0.05) is 0 Å². The van der Waals surface area contributed by atoms with Crippen LogP contribution in [0.1, 0.15) is 51.7 Å². The molecule has 0 N–H and O–H groups in total. The molecule has 0 saturated carbocycles. The van der Waals surface area contributed by atoms with E-state index >= 15 is 0 Å². The second-order valence-corrected chi connectivity index (χ2v) is 8.59. The lowest BCUT2D eigenvalue weighted by Crippen LogP contribution is -2.33. The third-order valence-electron chi connectivity index (χ3n) is 5.92. The van der Waals surface area contributed by atoms with Crippen LogP contribution < -0.4 is 0 Å². The number of hydrogen-bond donors (Lipinski definition) is 0. The molecule has 0 spiro atoms. The summed E-state index contributed by atoms with van der Waals surface area (Å²) in [4.78, 5) is 0. The molecule has 3 aromatic rings. The predicted octanol–water partition coefficient (Wildman–Crippen LogP) is 6.86. The molecule has 0 saturated heterocycles. The second kappa shape index (κ2) is 5.21. The van der Waals surface area contributed by atoms with Crippen LogP contribution in [0.3, 0.4) is 0 Å². The minimum absolute atomic E-state index is 0.266. The first-order chi connectivity index (χ1) is 11.4. The van der Waals surface area contributed by atoms with Crippen molar-refractivity contribution in [2.75, 3.05) is 0 Å². The van der Waals surface area contributed by atoms with E-state index in [1.807, 2.05) is 0 Å². The van der Waals surface area contributed by atoms with Crippen molar-refractivity contribution in [1.29, 1.82) is 0 Å². The molecule has 24 heavy (non-hydrogen) atoms. The molecule has 0 heterocycles. The Morgan fingerprint density at radius 1 is 0.583 bits per heavy atom. The molecule has 0 bridgehead atoms. The summed E-state index contributed by atoms with van der Waals surface area (Å²) < 4.78 is 0. The van der Waals surface area contributed by atoms with E-state index in [0.29, 0.717) is 0 Å². The van der Waals surface area contributed by atoms with Crippen LogP contribution >= 0.6 is 0 Å². The standard InChI is InChI=1S/C24H26/c1-23(2)12-13-24(3,4)22-16-20-14-18(17-8-6-5-7-9-17)10-11-19(20)15-21(22)23/h5-11,14-16H,12-13H2,1-4H3. The molecule has 122 valence electrons. The quantitative estimate of drug-likeness (QED) is 0.460. The summed E-state index contributed by atoms with van der Waals surface area (Å²) in [6, 6.07) is 22.5. The first kappa shape index (κ1) is 15.4. The maximum absolute atomic E-state index is 2.46. The van der Waals surface area contributed by atoms with E-state index in [2.05, 4.69) is 88.4 Å². The summed E-state index contributed by atoms with van der Waals surface area (Å²) >= 11 is 0. The Morgan fingerprint density at radius 2 is 1.17 bits per heavy atom. The highest BCUT2D eigenvalue weighted by Gasteiger charge is 2.37. The van der Waals surface area contributed by atoms with Crippen LogP contribution in [-0.2, 0) is 10.8 Å². The molecular weight excluding hydrogens is 288 g/mol. The van der Waals surface area contributed by atoms with Gasteiger partial charge in [-0.2, -0.15) is 0 Å². The van der Waals surface area contributed by atoms with Crippen LogP contribution in [0.2, 0.25) is 0 Å². The second-order valence-electron chi connectivity index (χ2n) is 8.59. The minimum atomic E-state index is 0.266. The van der Waals surface area contributed by atoms with Gasteiger partial charge in [0.25, 0.3) is 0 Å². The Hall–Kier alpha value is -2.08. The molecule has 0 nitrogen and oxygen atoms in total. The fraction of sp³-hybridized carbons (Fsp3) is 0.333. The molecule has 3 aromatic carbocycles. The molecule has 0 radical (unpaired) electrons. The van der Waals surface area contributed by atoms with Crippen LogP contribution in [0.5, 0.6) is 0 Å². The normalized spacial score (nSPS) is 18.3. The van der Waals surface area contributed by atoms with Crippen molar-refractivity contribution in [2.24, 2.45) is 0 Å². The van der Waals surface area contributed by atoms with Gasteiger partial charge < -0.3 is 0 Å². The minimum Gasteiger partial charge on any atom is -0.0622 e. The zero-order valence-corrected chi connectivity index (χ0v) is 15.2. The van der Waals surface area contributed by atoms with E-state index in [1.165, 1.54) is 40.3 Å². The Balaban J connectivity index is 1.94. The highest BCUT2D eigenvalue weighted by atomic mass is 14.4. The smallest absolute Gasteiger partial charge is 0.0100 e. The van der Waals surface area contributed by atoms with Crippen LogP contribution in [0.4, 0.5) is 0 Å². The lowest BCUT2D eigenvalue weighted by molar-refractivity contribution is 0.332. The lowest BCUT2D eigenvalue weighted by Gasteiger charge is -2.42. The van der Waals surface area contributed by atoms with E-state index in [9.17, 15) is 0 Å². The maximum atomic E-state index is 2.46. The summed E-state index contributed by atoms with van der Waals surface area (Å²) in [5.74, 6) is 0. The molecular formula is C24H26. The van der Waals surface area contributed by atoms with Crippen LogP contribution in [0.15, 0.2) is 60.7 Å². The van der Waals surface area contributed by atoms with Crippen molar-refractivity contribution < 1.29 is 0 Å². The van der Waals surface area contributed by atoms with Gasteiger partial charge in [-0.3, -0.25) is 0 Å². The molecule has 0 heteroatoms. The third-order valence-corrected chi connectivity index (χ3v) is 5.92. The largest absolute Gasteiger partial charge is 0.0622 e. The van der Waals surface area contributed by atoms with Gasteiger partial charge in [0.05, 0.1) is 0 Å². The van der Waals surface area contributed by atoms with Crippen LogP contribution in [0, 0.1) is 0 Å². The zero-order chi connectivity index (χ0) is 16.9. The molecule has 4 rings (SSSR count). The number of rotatable bonds is 1.